The van der Waals surface area contributed by atoms with E-state index in [1.807, 2.05) is 48.5 Å². The number of amides is 2. The second-order valence-electron chi connectivity index (χ2n) is 6.52. The number of ether oxygens (including phenoxy) is 1. The second-order valence-corrected chi connectivity index (χ2v) is 8.31. The van der Waals surface area contributed by atoms with Crippen LogP contribution in [0.15, 0.2) is 70.3 Å². The first-order chi connectivity index (χ1) is 14.2. The van der Waals surface area contributed by atoms with Crippen LogP contribution in [0.5, 0.6) is 5.75 Å². The van der Waals surface area contributed by atoms with Crippen molar-refractivity contribution in [3.63, 3.8) is 0 Å². The lowest BCUT2D eigenvalue weighted by Crippen LogP contribution is -2.40. The van der Waals surface area contributed by atoms with Crippen LogP contribution in [0.1, 0.15) is 12.0 Å². The number of fused-ring (bicyclic) bond motifs is 1. The van der Waals surface area contributed by atoms with Gasteiger partial charge in [0.2, 0.25) is 5.91 Å². The van der Waals surface area contributed by atoms with E-state index in [-0.39, 0.29) is 24.8 Å². The zero-order valence-corrected chi connectivity index (χ0v) is 17.3. The van der Waals surface area contributed by atoms with Gasteiger partial charge in [-0.3, -0.25) is 9.59 Å². The highest BCUT2D eigenvalue weighted by molar-refractivity contribution is 7.98. The van der Waals surface area contributed by atoms with E-state index in [4.69, 9.17) is 4.74 Å². The van der Waals surface area contributed by atoms with Crippen molar-refractivity contribution in [1.29, 1.82) is 0 Å². The molecule has 3 aromatic rings. The van der Waals surface area contributed by atoms with Crippen molar-refractivity contribution >= 4 is 46.3 Å². The summed E-state index contributed by atoms with van der Waals surface area (Å²) in [5.41, 5.74) is 2.78. The third-order valence-electron chi connectivity index (χ3n) is 4.51. The van der Waals surface area contributed by atoms with Gasteiger partial charge in [0, 0.05) is 23.6 Å². The zero-order valence-electron chi connectivity index (χ0n) is 15.7. The molecular weight excluding hydrogens is 404 g/mol. The van der Waals surface area contributed by atoms with Crippen LogP contribution in [0, 0.1) is 0 Å². The van der Waals surface area contributed by atoms with Gasteiger partial charge in [0.25, 0.3) is 5.91 Å². The number of nitrogens with zero attached hydrogens (tertiary/aromatic N) is 1. The van der Waals surface area contributed by atoms with Gasteiger partial charge < -0.3 is 15.0 Å². The predicted octanol–water partition coefficient (Wildman–Crippen LogP) is 4.79. The van der Waals surface area contributed by atoms with Crippen molar-refractivity contribution in [1.82, 2.24) is 0 Å². The lowest BCUT2D eigenvalue weighted by molar-refractivity contribution is -0.121. The summed E-state index contributed by atoms with van der Waals surface area (Å²) in [6, 6.07) is 17.3. The second kappa shape index (κ2) is 9.15. The number of carbonyl (C=O) groups is 2. The van der Waals surface area contributed by atoms with E-state index < -0.39 is 0 Å². The van der Waals surface area contributed by atoms with Crippen LogP contribution in [0.4, 0.5) is 11.4 Å². The van der Waals surface area contributed by atoms with Gasteiger partial charge in [-0.15, -0.1) is 11.8 Å². The molecule has 2 heterocycles. The van der Waals surface area contributed by atoms with Crippen LogP contribution in [-0.2, 0) is 15.3 Å². The Kier molecular flexibility index (Phi) is 6.17. The molecule has 0 atom stereocenters. The molecule has 1 aliphatic rings. The Hall–Kier alpha value is -2.77. The lowest BCUT2D eigenvalue weighted by atomic mass is 10.2. The number of thioether (sulfide) groups is 1. The summed E-state index contributed by atoms with van der Waals surface area (Å²) in [5, 5.41) is 7.19. The number of carbonyl (C=O) groups excluding carboxylic acids is 2. The summed E-state index contributed by atoms with van der Waals surface area (Å²) in [4.78, 5) is 27.5. The number of anilines is 2. The van der Waals surface area contributed by atoms with E-state index in [2.05, 4.69) is 22.1 Å². The molecular formula is C22H20N2O3S2. The first kappa shape index (κ1) is 19.5. The van der Waals surface area contributed by atoms with E-state index in [1.165, 1.54) is 5.56 Å². The Morgan fingerprint density at radius 1 is 1.14 bits per heavy atom. The highest BCUT2D eigenvalue weighted by atomic mass is 32.2. The van der Waals surface area contributed by atoms with Gasteiger partial charge in [-0.05, 0) is 46.7 Å². The van der Waals surface area contributed by atoms with Gasteiger partial charge in [0.15, 0.2) is 6.61 Å². The number of hydrogen-bond acceptors (Lipinski definition) is 5. The van der Waals surface area contributed by atoms with Gasteiger partial charge in [-0.2, -0.15) is 11.3 Å². The fraction of sp³-hybridized carbons (Fsp3) is 0.182. The fourth-order valence-corrected chi connectivity index (χ4v) is 4.78. The highest BCUT2D eigenvalue weighted by Gasteiger charge is 2.25. The average molecular weight is 425 g/mol. The van der Waals surface area contributed by atoms with Crippen molar-refractivity contribution in [2.75, 3.05) is 23.4 Å². The smallest absolute Gasteiger partial charge is 0.265 e. The van der Waals surface area contributed by atoms with Crippen LogP contribution in [0.3, 0.4) is 0 Å². The van der Waals surface area contributed by atoms with Crippen molar-refractivity contribution in [3.05, 3.63) is 70.9 Å². The maximum Gasteiger partial charge on any atom is 0.265 e. The summed E-state index contributed by atoms with van der Waals surface area (Å²) >= 11 is 3.38. The Balaban J connectivity index is 1.37. The van der Waals surface area contributed by atoms with Gasteiger partial charge in [-0.1, -0.05) is 24.3 Å². The molecule has 0 spiro atoms. The van der Waals surface area contributed by atoms with Crippen LogP contribution < -0.4 is 15.0 Å². The first-order valence-electron chi connectivity index (χ1n) is 9.25. The third-order valence-corrected chi connectivity index (χ3v) is 6.38. The molecule has 0 radical (unpaired) electrons. The Morgan fingerprint density at radius 2 is 1.97 bits per heavy atom. The molecule has 1 aromatic heterocycles. The summed E-state index contributed by atoms with van der Waals surface area (Å²) in [6.45, 7) is 0.315. The van der Waals surface area contributed by atoms with E-state index in [1.54, 1.807) is 28.0 Å². The molecule has 1 aliphatic heterocycles. The molecule has 0 saturated heterocycles. The summed E-state index contributed by atoms with van der Waals surface area (Å²) in [7, 11) is 0. The van der Waals surface area contributed by atoms with Gasteiger partial charge in [-0.25, -0.2) is 0 Å². The number of thiophene rings is 1. The Labute approximate surface area is 177 Å². The van der Waals surface area contributed by atoms with Crippen LogP contribution in [-0.4, -0.2) is 25.0 Å². The van der Waals surface area contributed by atoms with Gasteiger partial charge in [0.1, 0.15) is 5.75 Å². The number of hydrogen-bond donors (Lipinski definition) is 1. The van der Waals surface area contributed by atoms with Gasteiger partial charge >= 0.3 is 0 Å². The predicted molar refractivity (Wildman–Crippen MR) is 118 cm³/mol. The maximum absolute atomic E-state index is 12.6. The van der Waals surface area contributed by atoms with Crippen LogP contribution >= 0.6 is 23.1 Å². The molecule has 29 heavy (non-hydrogen) atoms. The molecule has 0 unspecified atom stereocenters. The SMILES string of the molecule is O=C(CCN1C(=O)COc2ccccc21)Nc1ccccc1SCc1ccsc1. The lowest BCUT2D eigenvalue weighted by Gasteiger charge is -2.29. The topological polar surface area (TPSA) is 58.6 Å². The Morgan fingerprint density at radius 3 is 2.83 bits per heavy atom. The number of para-hydroxylation sites is 3. The molecule has 0 bridgehead atoms. The molecule has 1 N–H and O–H groups in total. The van der Waals surface area contributed by atoms with E-state index >= 15 is 0 Å². The molecule has 0 fully saturated rings. The summed E-state index contributed by atoms with van der Waals surface area (Å²) in [5.74, 6) is 1.27. The molecule has 2 aromatic carbocycles. The van der Waals surface area contributed by atoms with Crippen molar-refractivity contribution in [2.45, 2.75) is 17.1 Å². The van der Waals surface area contributed by atoms with Crippen LogP contribution in [0.2, 0.25) is 0 Å². The van der Waals surface area contributed by atoms with E-state index in [0.717, 1.165) is 16.3 Å². The average Bonchev–Trinajstić information content (AvgIpc) is 3.26. The monoisotopic (exact) mass is 424 g/mol. The van der Waals surface area contributed by atoms with E-state index in [9.17, 15) is 9.59 Å². The van der Waals surface area contributed by atoms with Gasteiger partial charge in [0.05, 0.1) is 11.4 Å². The molecule has 0 saturated carbocycles. The maximum atomic E-state index is 12.6. The number of nitrogens with one attached hydrogen (secondary N) is 1. The largest absolute Gasteiger partial charge is 0.482 e. The molecule has 148 valence electrons. The number of rotatable bonds is 7. The molecule has 0 aliphatic carbocycles. The van der Waals surface area contributed by atoms with E-state index in [0.29, 0.717) is 18.0 Å². The molecule has 4 rings (SSSR count). The quantitative estimate of drug-likeness (QED) is 0.554. The summed E-state index contributed by atoms with van der Waals surface area (Å²) < 4.78 is 5.45. The van der Waals surface area contributed by atoms with Crippen LogP contribution in [0.25, 0.3) is 0 Å². The first-order valence-corrected chi connectivity index (χ1v) is 11.2. The minimum absolute atomic E-state index is 0.000683. The fourth-order valence-electron chi connectivity index (χ4n) is 3.06. The minimum atomic E-state index is -0.136. The molecule has 2 amide bonds. The normalized spacial score (nSPS) is 13.0. The molecule has 5 nitrogen and oxygen atoms in total. The Bertz CT molecular complexity index is 1000. The zero-order chi connectivity index (χ0) is 20.1. The third kappa shape index (κ3) is 4.81. The van der Waals surface area contributed by atoms with Crippen molar-refractivity contribution in [2.24, 2.45) is 0 Å². The minimum Gasteiger partial charge on any atom is -0.482 e. The van der Waals surface area contributed by atoms with Crippen molar-refractivity contribution in [3.8, 4) is 5.75 Å². The molecule has 7 heteroatoms. The summed E-state index contributed by atoms with van der Waals surface area (Å²) in [6.07, 6.45) is 0.212. The highest BCUT2D eigenvalue weighted by Crippen LogP contribution is 2.32. The standard InChI is InChI=1S/C22H20N2O3S2/c25-21(9-11-24-18-6-2-3-7-19(18)27-13-22(24)26)23-17-5-1-4-8-20(17)29-15-16-10-12-28-14-16/h1-8,10,12,14H,9,11,13,15H2,(H,23,25). The van der Waals surface area contributed by atoms with Crippen molar-refractivity contribution < 1.29 is 14.3 Å². The number of benzene rings is 2.